The number of amides is 1. The first kappa shape index (κ1) is 12.8. The Hall–Kier alpha value is -1.94. The largest absolute Gasteiger partial charge is 0.328 e. The van der Waals surface area contributed by atoms with Crippen LogP contribution in [0.4, 0.5) is 0 Å². The molecular formula is C16H14ClN3O. The van der Waals surface area contributed by atoms with E-state index in [2.05, 4.69) is 9.97 Å². The Morgan fingerprint density at radius 2 is 2.24 bits per heavy atom. The van der Waals surface area contributed by atoms with Crippen molar-refractivity contribution in [2.75, 3.05) is 0 Å². The molecule has 2 aliphatic rings. The first-order valence-corrected chi connectivity index (χ1v) is 7.49. The van der Waals surface area contributed by atoms with Crippen molar-refractivity contribution in [3.8, 4) is 0 Å². The van der Waals surface area contributed by atoms with Crippen molar-refractivity contribution in [3.05, 3.63) is 58.6 Å². The van der Waals surface area contributed by atoms with E-state index < -0.39 is 0 Å². The second kappa shape index (κ2) is 4.81. The van der Waals surface area contributed by atoms with Crippen LogP contribution in [0.3, 0.4) is 0 Å². The lowest BCUT2D eigenvalue weighted by Gasteiger charge is -2.35. The number of carbonyl (C=O) groups is 1. The average molecular weight is 300 g/mol. The standard InChI is InChI=1S/C16H14ClN3O/c17-11-3-1-2-10(6-11)16(21)20-12-4-5-15(20)13-8-18-9-19-14(13)7-12/h1-3,6,8-9,12,15H,4-5,7H2/t12-,15-/m0/s1. The van der Waals surface area contributed by atoms with Crippen molar-refractivity contribution >= 4 is 17.5 Å². The summed E-state index contributed by atoms with van der Waals surface area (Å²) in [5, 5.41) is 0.592. The maximum atomic E-state index is 12.8. The number of hydrogen-bond acceptors (Lipinski definition) is 3. The Labute approximate surface area is 127 Å². The van der Waals surface area contributed by atoms with E-state index >= 15 is 0 Å². The van der Waals surface area contributed by atoms with E-state index in [1.54, 1.807) is 18.5 Å². The van der Waals surface area contributed by atoms with Crippen LogP contribution < -0.4 is 0 Å². The number of aromatic nitrogens is 2. The smallest absolute Gasteiger partial charge is 0.254 e. The van der Waals surface area contributed by atoms with Crippen LogP contribution in [0.1, 0.15) is 40.5 Å². The van der Waals surface area contributed by atoms with Crippen molar-refractivity contribution in [1.29, 1.82) is 0 Å². The van der Waals surface area contributed by atoms with Gasteiger partial charge in [0.25, 0.3) is 5.91 Å². The number of nitrogens with zero attached hydrogens (tertiary/aromatic N) is 3. The maximum Gasteiger partial charge on any atom is 0.254 e. The molecule has 1 fully saturated rings. The van der Waals surface area contributed by atoms with Gasteiger partial charge < -0.3 is 4.90 Å². The van der Waals surface area contributed by atoms with Gasteiger partial charge in [0.1, 0.15) is 6.33 Å². The fourth-order valence-electron chi connectivity index (χ4n) is 3.50. The Morgan fingerprint density at radius 1 is 1.33 bits per heavy atom. The summed E-state index contributed by atoms with van der Waals surface area (Å²) in [5.74, 6) is 0.0551. The number of fused-ring (bicyclic) bond motifs is 4. The van der Waals surface area contributed by atoms with Crippen molar-refractivity contribution in [1.82, 2.24) is 14.9 Å². The van der Waals surface area contributed by atoms with Gasteiger partial charge in [-0.2, -0.15) is 0 Å². The average Bonchev–Trinajstić information content (AvgIpc) is 2.81. The molecule has 0 spiro atoms. The number of carbonyl (C=O) groups excluding carboxylic acids is 1. The lowest BCUT2D eigenvalue weighted by atomic mass is 9.98. The Morgan fingerprint density at radius 3 is 3.10 bits per heavy atom. The molecule has 2 aromatic rings. The highest BCUT2D eigenvalue weighted by Gasteiger charge is 2.43. The first-order valence-electron chi connectivity index (χ1n) is 7.11. The van der Waals surface area contributed by atoms with Crippen LogP contribution in [0.25, 0.3) is 0 Å². The highest BCUT2D eigenvalue weighted by Crippen LogP contribution is 2.43. The third-order valence-corrected chi connectivity index (χ3v) is 4.66. The van der Waals surface area contributed by atoms with Gasteiger partial charge in [0.05, 0.1) is 11.7 Å². The van der Waals surface area contributed by atoms with E-state index in [-0.39, 0.29) is 18.0 Å². The van der Waals surface area contributed by atoms with Crippen LogP contribution in [-0.4, -0.2) is 26.8 Å². The van der Waals surface area contributed by atoms with Crippen molar-refractivity contribution in [2.45, 2.75) is 31.3 Å². The van der Waals surface area contributed by atoms with E-state index in [0.29, 0.717) is 10.6 Å². The summed E-state index contributed by atoms with van der Waals surface area (Å²) in [5.41, 5.74) is 2.84. The third kappa shape index (κ3) is 2.02. The van der Waals surface area contributed by atoms with Crippen molar-refractivity contribution in [3.63, 3.8) is 0 Å². The zero-order chi connectivity index (χ0) is 14.4. The van der Waals surface area contributed by atoms with Gasteiger partial charge in [0, 0.05) is 34.8 Å². The Bertz CT molecular complexity index is 718. The molecule has 2 atom stereocenters. The molecule has 0 unspecified atom stereocenters. The first-order chi connectivity index (χ1) is 10.2. The highest BCUT2D eigenvalue weighted by atomic mass is 35.5. The van der Waals surface area contributed by atoms with Gasteiger partial charge in [-0.3, -0.25) is 4.79 Å². The molecule has 2 aliphatic heterocycles. The Kier molecular flexibility index (Phi) is 2.93. The zero-order valence-corrected chi connectivity index (χ0v) is 12.1. The Balaban J connectivity index is 1.73. The van der Waals surface area contributed by atoms with Gasteiger partial charge in [-0.05, 0) is 31.0 Å². The lowest BCUT2D eigenvalue weighted by molar-refractivity contribution is 0.0644. The molecule has 0 radical (unpaired) electrons. The summed E-state index contributed by atoms with van der Waals surface area (Å²) in [6.07, 6.45) is 6.27. The minimum absolute atomic E-state index is 0.0551. The molecule has 106 valence electrons. The van der Waals surface area contributed by atoms with Crippen LogP contribution >= 0.6 is 11.6 Å². The summed E-state index contributed by atoms with van der Waals surface area (Å²) >= 11 is 6.01. The summed E-state index contributed by atoms with van der Waals surface area (Å²) in [7, 11) is 0. The van der Waals surface area contributed by atoms with Gasteiger partial charge in [-0.1, -0.05) is 17.7 Å². The lowest BCUT2D eigenvalue weighted by Crippen LogP contribution is -2.42. The summed E-state index contributed by atoms with van der Waals surface area (Å²) in [4.78, 5) is 23.3. The van der Waals surface area contributed by atoms with E-state index in [9.17, 15) is 4.79 Å². The molecule has 4 rings (SSSR count). The molecule has 1 saturated heterocycles. The van der Waals surface area contributed by atoms with Gasteiger partial charge >= 0.3 is 0 Å². The van der Waals surface area contributed by atoms with Crippen molar-refractivity contribution < 1.29 is 4.79 Å². The number of benzene rings is 1. The quantitative estimate of drug-likeness (QED) is 0.813. The molecule has 1 aromatic heterocycles. The fraction of sp³-hybridized carbons (Fsp3) is 0.312. The molecule has 2 bridgehead atoms. The van der Waals surface area contributed by atoms with Gasteiger partial charge in [-0.25, -0.2) is 9.97 Å². The molecule has 4 nitrogen and oxygen atoms in total. The highest BCUT2D eigenvalue weighted by molar-refractivity contribution is 6.30. The number of halogens is 1. The number of rotatable bonds is 1. The monoisotopic (exact) mass is 299 g/mol. The predicted molar refractivity (Wildman–Crippen MR) is 79.1 cm³/mol. The molecule has 3 heterocycles. The van der Waals surface area contributed by atoms with Crippen LogP contribution in [0, 0.1) is 0 Å². The topological polar surface area (TPSA) is 46.1 Å². The minimum Gasteiger partial charge on any atom is -0.328 e. The summed E-state index contributed by atoms with van der Waals surface area (Å²) in [6.45, 7) is 0. The van der Waals surface area contributed by atoms with E-state index in [0.717, 1.165) is 30.5 Å². The van der Waals surface area contributed by atoms with Gasteiger partial charge in [0.15, 0.2) is 0 Å². The molecule has 0 aliphatic carbocycles. The van der Waals surface area contributed by atoms with E-state index in [1.165, 1.54) is 0 Å². The van der Waals surface area contributed by atoms with Gasteiger partial charge in [0.2, 0.25) is 0 Å². The fourth-order valence-corrected chi connectivity index (χ4v) is 3.69. The minimum atomic E-state index is 0.0551. The molecule has 5 heteroatoms. The van der Waals surface area contributed by atoms with Gasteiger partial charge in [-0.15, -0.1) is 0 Å². The molecule has 0 saturated carbocycles. The van der Waals surface area contributed by atoms with Crippen LogP contribution in [0.15, 0.2) is 36.8 Å². The van der Waals surface area contributed by atoms with Crippen LogP contribution in [0.2, 0.25) is 5.02 Å². The number of hydrogen-bond donors (Lipinski definition) is 0. The molecule has 0 N–H and O–H groups in total. The summed E-state index contributed by atoms with van der Waals surface area (Å²) < 4.78 is 0. The second-order valence-corrected chi connectivity index (χ2v) is 6.04. The molecule has 1 aromatic carbocycles. The van der Waals surface area contributed by atoms with Crippen molar-refractivity contribution in [2.24, 2.45) is 0 Å². The summed E-state index contributed by atoms with van der Waals surface area (Å²) in [6, 6.07) is 7.51. The SMILES string of the molecule is O=C(c1cccc(Cl)c1)N1[C@H]2CC[C@H]1c1cncnc1C2. The normalized spacial score (nSPS) is 23.0. The maximum absolute atomic E-state index is 12.8. The molecule has 1 amide bonds. The molecule has 21 heavy (non-hydrogen) atoms. The zero-order valence-electron chi connectivity index (χ0n) is 11.4. The van der Waals surface area contributed by atoms with E-state index in [1.807, 2.05) is 23.2 Å². The van der Waals surface area contributed by atoms with Crippen LogP contribution in [-0.2, 0) is 6.42 Å². The van der Waals surface area contributed by atoms with Crippen LogP contribution in [0.5, 0.6) is 0 Å². The third-order valence-electron chi connectivity index (χ3n) is 4.42. The van der Waals surface area contributed by atoms with E-state index in [4.69, 9.17) is 11.6 Å². The predicted octanol–water partition coefficient (Wildman–Crippen LogP) is 3.03. The second-order valence-electron chi connectivity index (χ2n) is 5.60. The molecular weight excluding hydrogens is 286 g/mol.